The van der Waals surface area contributed by atoms with Crippen LogP contribution in [0.15, 0.2) is 71.5 Å². The number of imidazole rings is 1. The number of carbonyl (C=O) groups excluding carboxylic acids is 2. The van der Waals surface area contributed by atoms with Gasteiger partial charge in [-0.2, -0.15) is 0 Å². The maximum absolute atomic E-state index is 12.5. The first-order valence-corrected chi connectivity index (χ1v) is 9.96. The van der Waals surface area contributed by atoms with Crippen LogP contribution in [0.2, 0.25) is 0 Å². The molecule has 0 saturated carbocycles. The van der Waals surface area contributed by atoms with E-state index < -0.39 is 18.0 Å². The summed E-state index contributed by atoms with van der Waals surface area (Å²) in [6, 6.07) is 15.9. The smallest absolute Gasteiger partial charge is 0.338 e. The summed E-state index contributed by atoms with van der Waals surface area (Å²) >= 11 is 3.34. The number of fused-ring (bicyclic) bond motifs is 1. The molecule has 150 valence electrons. The zero-order chi connectivity index (χ0) is 21.1. The fourth-order valence-corrected chi connectivity index (χ4v) is 3.10. The number of H-pyrrole nitrogens is 1. The SMILES string of the molecule is CC(OC(=O)c1ccc2nc(-c3cccnc3)[nH]c2c1)C(=O)Nc1ccc(Br)cc1. The average Bonchev–Trinajstić information content (AvgIpc) is 3.19. The lowest BCUT2D eigenvalue weighted by atomic mass is 10.2. The van der Waals surface area contributed by atoms with Crippen molar-refractivity contribution in [2.45, 2.75) is 13.0 Å². The molecule has 0 fully saturated rings. The Morgan fingerprint density at radius 2 is 1.93 bits per heavy atom. The topological polar surface area (TPSA) is 97.0 Å². The Morgan fingerprint density at radius 3 is 2.67 bits per heavy atom. The van der Waals surface area contributed by atoms with E-state index in [1.807, 2.05) is 24.3 Å². The second-order valence-electron chi connectivity index (χ2n) is 6.60. The van der Waals surface area contributed by atoms with Crippen LogP contribution in [0.1, 0.15) is 17.3 Å². The summed E-state index contributed by atoms with van der Waals surface area (Å²) < 4.78 is 6.23. The molecule has 0 aliphatic heterocycles. The number of aromatic nitrogens is 3. The van der Waals surface area contributed by atoms with E-state index in [2.05, 4.69) is 36.2 Å². The molecular formula is C22H17BrN4O3. The number of hydrogen-bond acceptors (Lipinski definition) is 5. The second-order valence-corrected chi connectivity index (χ2v) is 7.52. The predicted octanol–water partition coefficient (Wildman–Crippen LogP) is 4.57. The number of ether oxygens (including phenoxy) is 1. The van der Waals surface area contributed by atoms with Gasteiger partial charge in [-0.05, 0) is 61.5 Å². The Morgan fingerprint density at radius 1 is 1.13 bits per heavy atom. The Hall–Kier alpha value is -3.52. The highest BCUT2D eigenvalue weighted by Gasteiger charge is 2.20. The van der Waals surface area contributed by atoms with Gasteiger partial charge in [0.25, 0.3) is 5.91 Å². The molecule has 7 nitrogen and oxygen atoms in total. The fraction of sp³-hybridized carbons (Fsp3) is 0.0909. The average molecular weight is 465 g/mol. The molecule has 2 N–H and O–H groups in total. The molecule has 2 aromatic heterocycles. The quantitative estimate of drug-likeness (QED) is 0.421. The molecule has 1 unspecified atom stereocenters. The van der Waals surface area contributed by atoms with Gasteiger partial charge in [-0.1, -0.05) is 15.9 Å². The van der Waals surface area contributed by atoms with E-state index >= 15 is 0 Å². The van der Waals surface area contributed by atoms with Crippen molar-refractivity contribution in [1.82, 2.24) is 15.0 Å². The lowest BCUT2D eigenvalue weighted by Gasteiger charge is -2.13. The molecule has 0 aliphatic carbocycles. The first-order valence-electron chi connectivity index (χ1n) is 9.17. The van der Waals surface area contributed by atoms with Crippen LogP contribution >= 0.6 is 15.9 Å². The summed E-state index contributed by atoms with van der Waals surface area (Å²) in [7, 11) is 0. The van der Waals surface area contributed by atoms with Gasteiger partial charge in [0.15, 0.2) is 6.10 Å². The molecule has 0 spiro atoms. The van der Waals surface area contributed by atoms with Crippen LogP contribution in [0.25, 0.3) is 22.4 Å². The van der Waals surface area contributed by atoms with Crippen molar-refractivity contribution >= 4 is 44.5 Å². The minimum Gasteiger partial charge on any atom is -0.449 e. The number of halogens is 1. The number of carbonyl (C=O) groups is 2. The first-order chi connectivity index (χ1) is 14.5. The Labute approximate surface area is 180 Å². The van der Waals surface area contributed by atoms with Crippen molar-refractivity contribution in [3.63, 3.8) is 0 Å². The molecule has 8 heteroatoms. The largest absolute Gasteiger partial charge is 0.449 e. The molecule has 1 atom stereocenters. The molecule has 0 saturated heterocycles. The fourth-order valence-electron chi connectivity index (χ4n) is 2.84. The van der Waals surface area contributed by atoms with Crippen molar-refractivity contribution in [3.8, 4) is 11.4 Å². The van der Waals surface area contributed by atoms with E-state index in [-0.39, 0.29) is 0 Å². The molecule has 2 heterocycles. The van der Waals surface area contributed by atoms with Crippen molar-refractivity contribution in [2.24, 2.45) is 0 Å². The zero-order valence-corrected chi connectivity index (χ0v) is 17.5. The Kier molecular flexibility index (Phi) is 5.58. The first kappa shape index (κ1) is 19.8. The van der Waals surface area contributed by atoms with Gasteiger partial charge < -0.3 is 15.0 Å². The minimum absolute atomic E-state index is 0.326. The van der Waals surface area contributed by atoms with Crippen molar-refractivity contribution < 1.29 is 14.3 Å². The monoisotopic (exact) mass is 464 g/mol. The Balaban J connectivity index is 1.45. The van der Waals surface area contributed by atoms with Crippen LogP contribution in [-0.4, -0.2) is 32.9 Å². The number of amides is 1. The third-order valence-corrected chi connectivity index (χ3v) is 4.95. The van der Waals surface area contributed by atoms with Crippen LogP contribution < -0.4 is 5.32 Å². The number of nitrogens with zero attached hydrogens (tertiary/aromatic N) is 2. The molecule has 4 rings (SSSR count). The number of nitrogens with one attached hydrogen (secondary N) is 2. The molecule has 1 amide bonds. The maximum Gasteiger partial charge on any atom is 0.338 e. The third-order valence-electron chi connectivity index (χ3n) is 4.42. The summed E-state index contributed by atoms with van der Waals surface area (Å²) in [5, 5.41) is 2.72. The number of rotatable bonds is 5. The van der Waals surface area contributed by atoms with E-state index in [9.17, 15) is 9.59 Å². The van der Waals surface area contributed by atoms with Gasteiger partial charge in [0.2, 0.25) is 0 Å². The van der Waals surface area contributed by atoms with Gasteiger partial charge in [0.05, 0.1) is 16.6 Å². The van der Waals surface area contributed by atoms with Gasteiger partial charge in [-0.3, -0.25) is 9.78 Å². The molecule has 4 aromatic rings. The van der Waals surface area contributed by atoms with Crippen LogP contribution in [0, 0.1) is 0 Å². The number of hydrogen-bond donors (Lipinski definition) is 2. The predicted molar refractivity (Wildman–Crippen MR) is 117 cm³/mol. The maximum atomic E-state index is 12.5. The number of esters is 1. The van der Waals surface area contributed by atoms with E-state index in [1.165, 1.54) is 6.92 Å². The lowest BCUT2D eigenvalue weighted by molar-refractivity contribution is -0.123. The van der Waals surface area contributed by atoms with E-state index in [0.717, 1.165) is 10.0 Å². The van der Waals surface area contributed by atoms with E-state index in [1.54, 1.807) is 42.7 Å². The standard InChI is InChI=1S/C22H17BrN4O3/c1-13(21(28)25-17-7-5-16(23)6-8-17)30-22(29)14-4-9-18-19(11-14)27-20(26-18)15-3-2-10-24-12-15/h2-13H,1H3,(H,25,28)(H,26,27). The minimum atomic E-state index is -0.954. The summed E-state index contributed by atoms with van der Waals surface area (Å²) in [6.07, 6.45) is 2.44. The normalized spacial score (nSPS) is 11.8. The van der Waals surface area contributed by atoms with E-state index in [0.29, 0.717) is 28.1 Å². The zero-order valence-electron chi connectivity index (χ0n) is 15.9. The van der Waals surface area contributed by atoms with Crippen LogP contribution in [0.3, 0.4) is 0 Å². The van der Waals surface area contributed by atoms with Crippen molar-refractivity contribution in [1.29, 1.82) is 0 Å². The molecule has 0 aliphatic rings. The van der Waals surface area contributed by atoms with Crippen molar-refractivity contribution in [2.75, 3.05) is 5.32 Å². The highest BCUT2D eigenvalue weighted by Crippen LogP contribution is 2.21. The number of aromatic amines is 1. The van der Waals surface area contributed by atoms with Gasteiger partial charge in [0.1, 0.15) is 5.82 Å². The van der Waals surface area contributed by atoms with Crippen molar-refractivity contribution in [3.05, 3.63) is 77.0 Å². The number of benzene rings is 2. The molecule has 0 bridgehead atoms. The van der Waals surface area contributed by atoms with Crippen LogP contribution in [-0.2, 0) is 9.53 Å². The highest BCUT2D eigenvalue weighted by molar-refractivity contribution is 9.10. The summed E-state index contributed by atoms with van der Waals surface area (Å²) in [5.41, 5.74) is 3.19. The summed E-state index contributed by atoms with van der Waals surface area (Å²) in [6.45, 7) is 1.53. The van der Waals surface area contributed by atoms with Gasteiger partial charge in [-0.25, -0.2) is 9.78 Å². The lowest BCUT2D eigenvalue weighted by Crippen LogP contribution is -2.30. The van der Waals surface area contributed by atoms with Gasteiger partial charge in [-0.15, -0.1) is 0 Å². The summed E-state index contributed by atoms with van der Waals surface area (Å²) in [5.74, 6) is -0.342. The molecule has 0 radical (unpaired) electrons. The Bertz CT molecular complexity index is 1210. The van der Waals surface area contributed by atoms with Crippen LogP contribution in [0.4, 0.5) is 5.69 Å². The van der Waals surface area contributed by atoms with E-state index in [4.69, 9.17) is 4.74 Å². The molecule has 30 heavy (non-hydrogen) atoms. The highest BCUT2D eigenvalue weighted by atomic mass is 79.9. The molecule has 2 aromatic carbocycles. The third kappa shape index (κ3) is 4.38. The number of anilines is 1. The summed E-state index contributed by atoms with van der Waals surface area (Å²) in [4.78, 5) is 36.6. The second kappa shape index (κ2) is 8.46. The van der Waals surface area contributed by atoms with Gasteiger partial charge >= 0.3 is 5.97 Å². The molecular weight excluding hydrogens is 448 g/mol. The van der Waals surface area contributed by atoms with Crippen LogP contribution in [0.5, 0.6) is 0 Å². The number of pyridine rings is 1. The van der Waals surface area contributed by atoms with Gasteiger partial charge in [0, 0.05) is 28.1 Å².